The molecule has 2 unspecified atom stereocenters. The molecule has 0 aliphatic rings. The fourth-order valence-electron chi connectivity index (χ4n) is 6.85. The number of esters is 2. The molecule has 8 nitrogen and oxygen atoms in total. The lowest BCUT2D eigenvalue weighted by Crippen LogP contribution is -2.50. The zero-order chi connectivity index (χ0) is 42.8. The van der Waals surface area contributed by atoms with E-state index in [4.69, 9.17) is 14.2 Å². The van der Waals surface area contributed by atoms with Gasteiger partial charge in [-0.2, -0.15) is 0 Å². The number of allylic oxidation sites excluding steroid dienone is 8. The molecule has 0 aromatic heterocycles. The van der Waals surface area contributed by atoms with Crippen LogP contribution in [0.25, 0.3) is 0 Å². The number of carboxylic acid groups (broad SMARTS) is 1. The first-order valence-electron chi connectivity index (χ1n) is 23.7. The number of quaternary nitrogens is 1. The monoisotopic (exact) mass is 817 g/mol. The summed E-state index contributed by atoms with van der Waals surface area (Å²) in [6.45, 7) is 4.62. The average Bonchev–Trinajstić information content (AvgIpc) is 3.18. The van der Waals surface area contributed by atoms with E-state index in [-0.39, 0.29) is 36.2 Å². The number of unbranched alkanes of at least 4 members (excludes halogenated alkanes) is 20. The van der Waals surface area contributed by atoms with Crippen molar-refractivity contribution in [1.82, 2.24) is 0 Å². The highest BCUT2D eigenvalue weighted by molar-refractivity contribution is 5.72. The number of rotatable bonds is 42. The molecule has 0 spiro atoms. The van der Waals surface area contributed by atoms with Gasteiger partial charge in [-0.05, 0) is 51.4 Å². The van der Waals surface area contributed by atoms with Gasteiger partial charge in [0.25, 0.3) is 0 Å². The van der Waals surface area contributed by atoms with Crippen LogP contribution >= 0.6 is 0 Å². The van der Waals surface area contributed by atoms with Crippen LogP contribution in [0.15, 0.2) is 48.6 Å². The Kier molecular flexibility index (Phi) is 39.1. The molecule has 0 rings (SSSR count). The summed E-state index contributed by atoms with van der Waals surface area (Å²) in [5, 5.41) is 9.63. The summed E-state index contributed by atoms with van der Waals surface area (Å²) < 4.78 is 17.3. The minimum Gasteiger partial charge on any atom is -0.477 e. The molecule has 1 N–H and O–H groups in total. The van der Waals surface area contributed by atoms with Crippen LogP contribution in [0.4, 0.5) is 0 Å². The number of nitrogens with zero attached hydrogens (tertiary/aromatic N) is 1. The molecule has 0 heterocycles. The van der Waals surface area contributed by atoms with E-state index in [1.165, 1.54) is 89.9 Å². The SMILES string of the molecule is CC/C=C/C/C=C/C/C=C/C/C=C/CCCCCCCCC(=O)OC(COCCC(C(=O)O)[N+](C)(C)C)COC(=O)CCCCCCCCCCCCCCCCC. The summed E-state index contributed by atoms with van der Waals surface area (Å²) in [6.07, 6.45) is 48.6. The van der Waals surface area contributed by atoms with Crippen molar-refractivity contribution in [2.45, 2.75) is 212 Å². The van der Waals surface area contributed by atoms with Gasteiger partial charge in [-0.1, -0.05) is 178 Å². The van der Waals surface area contributed by atoms with Crippen molar-refractivity contribution in [3.63, 3.8) is 0 Å². The smallest absolute Gasteiger partial charge is 0.362 e. The van der Waals surface area contributed by atoms with E-state index in [1.54, 1.807) is 0 Å². The van der Waals surface area contributed by atoms with Gasteiger partial charge >= 0.3 is 17.9 Å². The Morgan fingerprint density at radius 3 is 1.43 bits per heavy atom. The number of carboxylic acids is 1. The van der Waals surface area contributed by atoms with Gasteiger partial charge in [-0.15, -0.1) is 0 Å². The maximum atomic E-state index is 12.8. The molecular weight excluding hydrogens is 727 g/mol. The highest BCUT2D eigenvalue weighted by Crippen LogP contribution is 2.15. The van der Waals surface area contributed by atoms with E-state index in [9.17, 15) is 19.5 Å². The lowest BCUT2D eigenvalue weighted by Gasteiger charge is -2.31. The quantitative estimate of drug-likeness (QED) is 0.0283. The zero-order valence-electron chi connectivity index (χ0n) is 38.2. The van der Waals surface area contributed by atoms with E-state index < -0.39 is 18.1 Å². The van der Waals surface area contributed by atoms with Crippen LogP contribution in [0.5, 0.6) is 0 Å². The van der Waals surface area contributed by atoms with Crippen LogP contribution in [0.3, 0.4) is 0 Å². The minimum absolute atomic E-state index is 0.0553. The molecule has 0 bridgehead atoms. The van der Waals surface area contributed by atoms with Crippen molar-refractivity contribution in [3.05, 3.63) is 48.6 Å². The van der Waals surface area contributed by atoms with Crippen molar-refractivity contribution >= 4 is 17.9 Å². The van der Waals surface area contributed by atoms with Gasteiger partial charge in [-0.3, -0.25) is 9.59 Å². The average molecular weight is 817 g/mol. The third kappa shape index (κ3) is 38.8. The topological polar surface area (TPSA) is 99.1 Å². The Morgan fingerprint density at radius 1 is 0.534 bits per heavy atom. The van der Waals surface area contributed by atoms with Gasteiger partial charge in [0.2, 0.25) is 0 Å². The molecule has 8 heteroatoms. The van der Waals surface area contributed by atoms with Gasteiger partial charge in [0, 0.05) is 19.3 Å². The summed E-state index contributed by atoms with van der Waals surface area (Å²) in [4.78, 5) is 37.1. The first kappa shape index (κ1) is 55.3. The Morgan fingerprint density at radius 2 is 0.966 bits per heavy atom. The molecule has 0 fully saturated rings. The normalized spacial score (nSPS) is 13.3. The third-order valence-electron chi connectivity index (χ3n) is 10.5. The maximum absolute atomic E-state index is 12.8. The molecule has 0 amide bonds. The summed E-state index contributed by atoms with van der Waals surface area (Å²) in [5.41, 5.74) is 0. The molecule has 0 aliphatic carbocycles. The number of hydrogen-bond donors (Lipinski definition) is 1. The number of carbonyl (C=O) groups excluding carboxylic acids is 2. The predicted molar refractivity (Wildman–Crippen MR) is 243 cm³/mol. The predicted octanol–water partition coefficient (Wildman–Crippen LogP) is 13.2. The highest BCUT2D eigenvalue weighted by Gasteiger charge is 2.31. The zero-order valence-corrected chi connectivity index (χ0v) is 38.2. The molecular formula is C50H90NO7+. The molecule has 0 saturated carbocycles. The summed E-state index contributed by atoms with van der Waals surface area (Å²) in [5.74, 6) is -1.48. The Balaban J connectivity index is 4.32. The van der Waals surface area contributed by atoms with E-state index in [0.717, 1.165) is 77.0 Å². The van der Waals surface area contributed by atoms with Gasteiger partial charge < -0.3 is 23.8 Å². The summed E-state index contributed by atoms with van der Waals surface area (Å²) >= 11 is 0. The molecule has 0 saturated heterocycles. The van der Waals surface area contributed by atoms with E-state index >= 15 is 0 Å². The Labute approximate surface area is 356 Å². The van der Waals surface area contributed by atoms with E-state index in [0.29, 0.717) is 19.3 Å². The van der Waals surface area contributed by atoms with Gasteiger partial charge in [-0.25, -0.2) is 4.79 Å². The van der Waals surface area contributed by atoms with E-state index in [2.05, 4.69) is 62.5 Å². The summed E-state index contributed by atoms with van der Waals surface area (Å²) in [6, 6.07) is -0.617. The van der Waals surface area contributed by atoms with Gasteiger partial charge in [0.05, 0.1) is 34.4 Å². The molecule has 2 atom stereocenters. The summed E-state index contributed by atoms with van der Waals surface area (Å²) in [7, 11) is 5.53. The first-order valence-corrected chi connectivity index (χ1v) is 23.7. The Bertz CT molecular complexity index is 1090. The second-order valence-electron chi connectivity index (χ2n) is 17.0. The molecule has 0 aromatic rings. The molecule has 336 valence electrons. The second kappa shape index (κ2) is 41.0. The van der Waals surface area contributed by atoms with Crippen LogP contribution in [0.2, 0.25) is 0 Å². The highest BCUT2D eigenvalue weighted by atomic mass is 16.6. The largest absolute Gasteiger partial charge is 0.477 e. The first-order chi connectivity index (χ1) is 28.1. The van der Waals surface area contributed by atoms with Gasteiger partial charge in [0.1, 0.15) is 6.61 Å². The van der Waals surface area contributed by atoms with Crippen molar-refractivity contribution in [3.8, 4) is 0 Å². The maximum Gasteiger partial charge on any atom is 0.362 e. The van der Waals surface area contributed by atoms with Crippen LogP contribution < -0.4 is 0 Å². The van der Waals surface area contributed by atoms with Crippen molar-refractivity contribution in [2.24, 2.45) is 0 Å². The third-order valence-corrected chi connectivity index (χ3v) is 10.5. The molecule has 0 aliphatic heterocycles. The fourth-order valence-corrected chi connectivity index (χ4v) is 6.85. The number of ether oxygens (including phenoxy) is 3. The molecule has 0 aromatic carbocycles. The van der Waals surface area contributed by atoms with Crippen molar-refractivity contribution in [2.75, 3.05) is 41.0 Å². The van der Waals surface area contributed by atoms with Gasteiger partial charge in [0.15, 0.2) is 12.1 Å². The standard InChI is InChI=1S/C50H89NO7/c1-6-8-10-12-14-16-18-20-22-23-24-25-27-29-31-33-35-37-39-41-49(53)58-46(44-56-43-42-47(50(54)55)51(3,4)5)45-57-48(52)40-38-36-34-32-30-28-26-21-19-17-15-13-11-9-7-2/h8,10,14,16,20,22,24-25,46-47H,6-7,9,11-13,15,17-19,21,23,26-45H2,1-5H3/p+1/b10-8+,16-14+,22-20+,25-24+. The van der Waals surface area contributed by atoms with Crippen LogP contribution in [-0.2, 0) is 28.6 Å². The van der Waals surface area contributed by atoms with E-state index in [1.807, 2.05) is 21.1 Å². The van der Waals surface area contributed by atoms with Crippen LogP contribution in [0.1, 0.15) is 200 Å². The number of carbonyl (C=O) groups is 3. The van der Waals surface area contributed by atoms with Crippen LogP contribution in [0, 0.1) is 0 Å². The van der Waals surface area contributed by atoms with Crippen LogP contribution in [-0.4, -0.2) is 80.6 Å². The number of hydrogen-bond acceptors (Lipinski definition) is 6. The lowest BCUT2D eigenvalue weighted by atomic mass is 10.0. The fraction of sp³-hybridized carbons (Fsp3) is 0.780. The minimum atomic E-state index is -0.877. The lowest BCUT2D eigenvalue weighted by molar-refractivity contribution is -0.887. The molecule has 58 heavy (non-hydrogen) atoms. The number of aliphatic carboxylic acids is 1. The second-order valence-corrected chi connectivity index (χ2v) is 17.0. The molecule has 0 radical (unpaired) electrons. The van der Waals surface area contributed by atoms with Crippen molar-refractivity contribution in [1.29, 1.82) is 0 Å². The number of likely N-dealkylation sites (N-methyl/N-ethyl adjacent to an activating group) is 1. The Hall–Kier alpha value is -2.71. The van der Waals surface area contributed by atoms with Crippen molar-refractivity contribution < 1.29 is 38.2 Å².